The summed E-state index contributed by atoms with van der Waals surface area (Å²) >= 11 is 0. The molecule has 1 amide bonds. The second-order valence-electron chi connectivity index (χ2n) is 7.46. The molecule has 3 aromatic carbocycles. The molecule has 0 saturated heterocycles. The number of nitrogens with zero attached hydrogens (tertiary/aromatic N) is 2. The van der Waals surface area contributed by atoms with Gasteiger partial charge in [0.1, 0.15) is 5.75 Å². The fourth-order valence-electron chi connectivity index (χ4n) is 3.18. The van der Waals surface area contributed by atoms with E-state index in [1.807, 2.05) is 44.2 Å². The fraction of sp³-hybridized carbons (Fsp3) is 0.240. The first-order valence-corrected chi connectivity index (χ1v) is 11.9. The minimum Gasteiger partial charge on any atom is -0.484 e. The Kier molecular flexibility index (Phi) is 7.53. The van der Waals surface area contributed by atoms with E-state index in [0.717, 1.165) is 11.1 Å². The Labute approximate surface area is 190 Å². The van der Waals surface area contributed by atoms with Gasteiger partial charge in [-0.2, -0.15) is 0 Å². The van der Waals surface area contributed by atoms with Crippen LogP contribution >= 0.6 is 0 Å². The van der Waals surface area contributed by atoms with Crippen molar-refractivity contribution >= 4 is 21.6 Å². The standard InChI is InChI=1S/C25H28N2O4S/c1-4-27(18-21-8-6-5-7-9-21)25(28)19-31-23-14-12-22(13-15-23)26(3)32(29,30)24-16-10-20(2)11-17-24/h5-17H,4,18-19H2,1-3H3. The third-order valence-corrected chi connectivity index (χ3v) is 6.99. The van der Waals surface area contributed by atoms with Crippen LogP contribution in [0.4, 0.5) is 5.69 Å². The maximum atomic E-state index is 12.8. The van der Waals surface area contributed by atoms with Gasteiger partial charge in [0, 0.05) is 20.1 Å². The lowest BCUT2D eigenvalue weighted by Gasteiger charge is -2.22. The first-order valence-electron chi connectivity index (χ1n) is 10.4. The summed E-state index contributed by atoms with van der Waals surface area (Å²) in [4.78, 5) is 14.5. The zero-order valence-corrected chi connectivity index (χ0v) is 19.4. The van der Waals surface area contributed by atoms with Gasteiger partial charge in [-0.3, -0.25) is 9.10 Å². The number of ether oxygens (including phenoxy) is 1. The van der Waals surface area contributed by atoms with Gasteiger partial charge in [0.25, 0.3) is 15.9 Å². The van der Waals surface area contributed by atoms with E-state index in [1.165, 1.54) is 11.4 Å². The molecule has 0 atom stereocenters. The average molecular weight is 453 g/mol. The van der Waals surface area contributed by atoms with Crippen LogP contribution in [0.1, 0.15) is 18.1 Å². The van der Waals surface area contributed by atoms with Gasteiger partial charge < -0.3 is 9.64 Å². The second kappa shape index (κ2) is 10.3. The van der Waals surface area contributed by atoms with Crippen molar-refractivity contribution in [1.29, 1.82) is 0 Å². The molecule has 32 heavy (non-hydrogen) atoms. The smallest absolute Gasteiger partial charge is 0.264 e. The van der Waals surface area contributed by atoms with Crippen molar-refractivity contribution in [1.82, 2.24) is 4.90 Å². The molecule has 0 aliphatic heterocycles. The summed E-state index contributed by atoms with van der Waals surface area (Å²) in [5.74, 6) is 0.387. The van der Waals surface area contributed by atoms with Gasteiger partial charge in [-0.15, -0.1) is 0 Å². The SMILES string of the molecule is CCN(Cc1ccccc1)C(=O)COc1ccc(N(C)S(=O)(=O)c2ccc(C)cc2)cc1. The monoisotopic (exact) mass is 452 g/mol. The minimum atomic E-state index is -3.66. The molecule has 3 rings (SSSR count). The van der Waals surface area contributed by atoms with Crippen LogP contribution in [0.2, 0.25) is 0 Å². The maximum absolute atomic E-state index is 12.8. The normalized spacial score (nSPS) is 11.1. The van der Waals surface area contributed by atoms with E-state index < -0.39 is 10.0 Å². The Morgan fingerprint density at radius 1 is 0.906 bits per heavy atom. The highest BCUT2D eigenvalue weighted by molar-refractivity contribution is 7.92. The molecule has 0 fully saturated rings. The minimum absolute atomic E-state index is 0.0858. The van der Waals surface area contributed by atoms with E-state index in [2.05, 4.69) is 0 Å². The van der Waals surface area contributed by atoms with Crippen molar-refractivity contribution in [2.24, 2.45) is 0 Å². The third kappa shape index (κ3) is 5.68. The van der Waals surface area contributed by atoms with Gasteiger partial charge in [0.05, 0.1) is 10.6 Å². The summed E-state index contributed by atoms with van der Waals surface area (Å²) < 4.78 is 32.6. The number of rotatable bonds is 9. The first kappa shape index (κ1) is 23.3. The number of benzene rings is 3. The highest BCUT2D eigenvalue weighted by Gasteiger charge is 2.21. The molecule has 0 bridgehead atoms. The number of hydrogen-bond donors (Lipinski definition) is 0. The molecule has 0 heterocycles. The number of aryl methyl sites for hydroxylation is 1. The summed E-state index contributed by atoms with van der Waals surface area (Å²) in [5.41, 5.74) is 2.56. The highest BCUT2D eigenvalue weighted by Crippen LogP contribution is 2.24. The lowest BCUT2D eigenvalue weighted by molar-refractivity contribution is -0.133. The van der Waals surface area contributed by atoms with Crippen LogP contribution in [0, 0.1) is 6.92 Å². The fourth-order valence-corrected chi connectivity index (χ4v) is 4.37. The van der Waals surface area contributed by atoms with Crippen LogP contribution in [-0.4, -0.2) is 39.4 Å². The van der Waals surface area contributed by atoms with Crippen molar-refractivity contribution in [3.8, 4) is 5.75 Å². The molecule has 168 valence electrons. The summed E-state index contributed by atoms with van der Waals surface area (Å²) in [6.07, 6.45) is 0. The van der Waals surface area contributed by atoms with E-state index in [-0.39, 0.29) is 17.4 Å². The molecular formula is C25H28N2O4S. The zero-order chi connectivity index (χ0) is 23.1. The van der Waals surface area contributed by atoms with Crippen molar-refractivity contribution < 1.29 is 17.9 Å². The van der Waals surface area contributed by atoms with Crippen LogP contribution in [0.15, 0.2) is 83.8 Å². The molecule has 7 heteroatoms. The predicted octanol–water partition coefficient (Wildman–Crippen LogP) is 4.25. The number of hydrogen-bond acceptors (Lipinski definition) is 4. The molecule has 0 N–H and O–H groups in total. The molecule has 0 aliphatic carbocycles. The first-order chi connectivity index (χ1) is 15.3. The summed E-state index contributed by atoms with van der Waals surface area (Å²) in [7, 11) is -2.15. The molecule has 0 aliphatic rings. The molecule has 3 aromatic rings. The van der Waals surface area contributed by atoms with Gasteiger partial charge in [-0.05, 0) is 55.8 Å². The molecule has 0 unspecified atom stereocenters. The lowest BCUT2D eigenvalue weighted by atomic mass is 10.2. The highest BCUT2D eigenvalue weighted by atomic mass is 32.2. The van der Waals surface area contributed by atoms with Gasteiger partial charge in [-0.1, -0.05) is 48.0 Å². The quantitative estimate of drug-likeness (QED) is 0.487. The molecule has 0 saturated carbocycles. The van der Waals surface area contributed by atoms with Crippen molar-refractivity contribution in [2.45, 2.75) is 25.3 Å². The van der Waals surface area contributed by atoms with E-state index >= 15 is 0 Å². The van der Waals surface area contributed by atoms with E-state index in [1.54, 1.807) is 53.4 Å². The Morgan fingerprint density at radius 2 is 1.53 bits per heavy atom. The Hall–Kier alpha value is -3.32. The van der Waals surface area contributed by atoms with E-state index in [9.17, 15) is 13.2 Å². The van der Waals surface area contributed by atoms with Gasteiger partial charge in [0.2, 0.25) is 0 Å². The van der Waals surface area contributed by atoms with Crippen molar-refractivity contribution in [2.75, 3.05) is 24.5 Å². The van der Waals surface area contributed by atoms with E-state index in [0.29, 0.717) is 24.5 Å². The van der Waals surface area contributed by atoms with Crippen LogP contribution in [0.25, 0.3) is 0 Å². The van der Waals surface area contributed by atoms with Gasteiger partial charge >= 0.3 is 0 Å². The van der Waals surface area contributed by atoms with Gasteiger partial charge in [-0.25, -0.2) is 8.42 Å². The number of sulfonamides is 1. The third-order valence-electron chi connectivity index (χ3n) is 5.19. The summed E-state index contributed by atoms with van der Waals surface area (Å²) in [5, 5.41) is 0. The Morgan fingerprint density at radius 3 is 2.12 bits per heavy atom. The lowest BCUT2D eigenvalue weighted by Crippen LogP contribution is -2.34. The summed E-state index contributed by atoms with van der Waals surface area (Å²) in [6, 6.07) is 23.2. The molecule has 0 spiro atoms. The van der Waals surface area contributed by atoms with Crippen LogP contribution in [0.5, 0.6) is 5.75 Å². The molecular weight excluding hydrogens is 424 g/mol. The topological polar surface area (TPSA) is 66.9 Å². The molecule has 0 radical (unpaired) electrons. The zero-order valence-electron chi connectivity index (χ0n) is 18.6. The number of carbonyl (C=O) groups is 1. The number of amides is 1. The van der Waals surface area contributed by atoms with Crippen molar-refractivity contribution in [3.63, 3.8) is 0 Å². The Balaban J connectivity index is 1.61. The van der Waals surface area contributed by atoms with Crippen LogP contribution < -0.4 is 9.04 Å². The predicted molar refractivity (Wildman–Crippen MR) is 126 cm³/mol. The number of likely N-dealkylation sites (N-methyl/N-ethyl adjacent to an activating group) is 1. The molecule has 0 aromatic heterocycles. The number of anilines is 1. The second-order valence-corrected chi connectivity index (χ2v) is 9.43. The van der Waals surface area contributed by atoms with Crippen molar-refractivity contribution in [3.05, 3.63) is 90.0 Å². The summed E-state index contributed by atoms with van der Waals surface area (Å²) in [6.45, 7) is 4.86. The van der Waals surface area contributed by atoms with Gasteiger partial charge in [0.15, 0.2) is 6.61 Å². The Bertz CT molecular complexity index is 1130. The average Bonchev–Trinajstić information content (AvgIpc) is 2.81. The largest absolute Gasteiger partial charge is 0.484 e. The van der Waals surface area contributed by atoms with Crippen LogP contribution in [0.3, 0.4) is 0 Å². The van der Waals surface area contributed by atoms with Crippen LogP contribution in [-0.2, 0) is 21.4 Å². The number of carbonyl (C=O) groups excluding carboxylic acids is 1. The maximum Gasteiger partial charge on any atom is 0.264 e. The van der Waals surface area contributed by atoms with E-state index in [4.69, 9.17) is 4.74 Å². The molecule has 6 nitrogen and oxygen atoms in total.